The average Bonchev–Trinajstić information content (AvgIpc) is 1.62. The maximum atomic E-state index is 2.44. The minimum Gasteiger partial charge on any atom is -0.328 e. The van der Waals surface area contributed by atoms with Gasteiger partial charge in [-0.1, -0.05) is 32.1 Å². The van der Waals surface area contributed by atoms with Crippen LogP contribution >= 0.6 is 0 Å². The maximum Gasteiger partial charge on any atom is -0.0535 e. The molecule has 0 aromatic rings. The molecule has 1 fully saturated rings. The summed E-state index contributed by atoms with van der Waals surface area (Å²) in [5.41, 5.74) is 0. The second kappa shape index (κ2) is 3.94. The summed E-state index contributed by atoms with van der Waals surface area (Å²) < 4.78 is 0. The molecule has 1 rings (SSSR count). The zero-order valence-corrected chi connectivity index (χ0v) is 5.53. The lowest BCUT2D eigenvalue weighted by Crippen LogP contribution is -1.86. The predicted molar refractivity (Wildman–Crippen MR) is 36.6 cm³/mol. The van der Waals surface area contributed by atoms with Gasteiger partial charge in [-0.25, -0.2) is 0 Å². The molecule has 8 heavy (non-hydrogen) atoms. The molecular formula is C8H15-. The van der Waals surface area contributed by atoms with Gasteiger partial charge >= 0.3 is 0 Å². The van der Waals surface area contributed by atoms with Crippen LogP contribution in [0.4, 0.5) is 0 Å². The SMILES string of the molecule is [CH-]1CCCCCCC1. The Morgan fingerprint density at radius 3 is 1.75 bits per heavy atom. The molecule has 0 heterocycles. The monoisotopic (exact) mass is 111 g/mol. The number of hydrogen-bond acceptors (Lipinski definition) is 0. The molecule has 0 atom stereocenters. The van der Waals surface area contributed by atoms with E-state index >= 15 is 0 Å². The number of rotatable bonds is 0. The first-order chi connectivity index (χ1) is 4.00. The molecule has 0 aromatic carbocycles. The molecule has 0 nitrogen and oxygen atoms in total. The summed E-state index contributed by atoms with van der Waals surface area (Å²) >= 11 is 0. The molecule has 48 valence electrons. The normalized spacial score (nSPS) is 24.0. The van der Waals surface area contributed by atoms with E-state index in [-0.39, 0.29) is 0 Å². The molecule has 0 heteroatoms. The quantitative estimate of drug-likeness (QED) is 0.421. The van der Waals surface area contributed by atoms with Crippen LogP contribution in [0.1, 0.15) is 44.9 Å². The highest BCUT2D eigenvalue weighted by molar-refractivity contribution is 4.66. The van der Waals surface area contributed by atoms with Gasteiger partial charge in [-0.05, 0) is 0 Å². The fraction of sp³-hybridized carbons (Fsp3) is 0.875. The third-order valence-corrected chi connectivity index (χ3v) is 1.82. The van der Waals surface area contributed by atoms with Crippen molar-refractivity contribution >= 4 is 0 Å². The zero-order chi connectivity index (χ0) is 5.66. The molecule has 0 aromatic heterocycles. The molecule has 1 aliphatic carbocycles. The highest BCUT2D eigenvalue weighted by Gasteiger charge is 1.89. The average molecular weight is 111 g/mol. The van der Waals surface area contributed by atoms with E-state index in [1.54, 1.807) is 0 Å². The van der Waals surface area contributed by atoms with Gasteiger partial charge in [0.05, 0.1) is 0 Å². The lowest BCUT2D eigenvalue weighted by atomic mass is 10.0. The fourth-order valence-corrected chi connectivity index (χ4v) is 1.25. The zero-order valence-electron chi connectivity index (χ0n) is 5.53. The molecule has 0 bridgehead atoms. The van der Waals surface area contributed by atoms with Gasteiger partial charge in [0.25, 0.3) is 0 Å². The summed E-state index contributed by atoms with van der Waals surface area (Å²) in [7, 11) is 0. The van der Waals surface area contributed by atoms with Crippen molar-refractivity contribution in [1.29, 1.82) is 0 Å². The molecule has 0 unspecified atom stereocenters. The minimum atomic E-state index is 1.38. The van der Waals surface area contributed by atoms with Crippen molar-refractivity contribution in [3.63, 3.8) is 0 Å². The van der Waals surface area contributed by atoms with Gasteiger partial charge in [0.1, 0.15) is 0 Å². The van der Waals surface area contributed by atoms with Crippen molar-refractivity contribution in [2.24, 2.45) is 0 Å². The summed E-state index contributed by atoms with van der Waals surface area (Å²) in [5.74, 6) is 0. The standard InChI is InChI=1S/C8H15/c1-2-4-6-8-7-5-3-1/h1H,2-8H2/q-1. The van der Waals surface area contributed by atoms with Gasteiger partial charge in [0.2, 0.25) is 0 Å². The molecule has 0 saturated heterocycles. The molecule has 0 aliphatic heterocycles. The Kier molecular flexibility index (Phi) is 3.01. The first-order valence-corrected chi connectivity index (χ1v) is 3.82. The van der Waals surface area contributed by atoms with Crippen LogP contribution in [0.25, 0.3) is 0 Å². The van der Waals surface area contributed by atoms with E-state index in [9.17, 15) is 0 Å². The van der Waals surface area contributed by atoms with Gasteiger partial charge in [-0.15, -0.1) is 0 Å². The van der Waals surface area contributed by atoms with Crippen LogP contribution in [-0.4, -0.2) is 0 Å². The Balaban J connectivity index is 2.00. The highest BCUT2D eigenvalue weighted by Crippen LogP contribution is 2.14. The summed E-state index contributed by atoms with van der Waals surface area (Å²) in [6.07, 6.45) is 12.5. The fourth-order valence-electron chi connectivity index (χ4n) is 1.25. The predicted octanol–water partition coefficient (Wildman–Crippen LogP) is 2.93. The van der Waals surface area contributed by atoms with E-state index in [0.717, 1.165) is 0 Å². The Morgan fingerprint density at radius 2 is 1.12 bits per heavy atom. The summed E-state index contributed by atoms with van der Waals surface area (Å²) in [4.78, 5) is 0. The molecule has 0 N–H and O–H groups in total. The van der Waals surface area contributed by atoms with Crippen LogP contribution in [0.2, 0.25) is 0 Å². The van der Waals surface area contributed by atoms with Crippen LogP contribution in [0.15, 0.2) is 0 Å². The second-order valence-electron chi connectivity index (χ2n) is 2.63. The van der Waals surface area contributed by atoms with Gasteiger partial charge in [-0.2, -0.15) is 12.8 Å². The van der Waals surface area contributed by atoms with Gasteiger partial charge < -0.3 is 6.42 Å². The van der Waals surface area contributed by atoms with Crippen molar-refractivity contribution < 1.29 is 0 Å². The van der Waals surface area contributed by atoms with Gasteiger partial charge in [0, 0.05) is 0 Å². The van der Waals surface area contributed by atoms with Crippen LogP contribution in [-0.2, 0) is 0 Å². The minimum absolute atomic E-state index is 1.38. The van der Waals surface area contributed by atoms with Crippen LogP contribution in [0, 0.1) is 6.42 Å². The Hall–Kier alpha value is 0. The second-order valence-corrected chi connectivity index (χ2v) is 2.63. The van der Waals surface area contributed by atoms with Crippen LogP contribution < -0.4 is 0 Å². The lowest BCUT2D eigenvalue weighted by molar-refractivity contribution is 0.565. The Morgan fingerprint density at radius 1 is 0.625 bits per heavy atom. The smallest absolute Gasteiger partial charge is 0.0535 e. The van der Waals surface area contributed by atoms with E-state index in [1.165, 1.54) is 44.9 Å². The van der Waals surface area contributed by atoms with E-state index in [0.29, 0.717) is 0 Å². The molecule has 1 saturated carbocycles. The molecule has 1 aliphatic rings. The van der Waals surface area contributed by atoms with Crippen molar-refractivity contribution in [3.05, 3.63) is 6.42 Å². The first-order valence-electron chi connectivity index (χ1n) is 3.82. The molecule has 0 spiro atoms. The topological polar surface area (TPSA) is 0 Å². The third-order valence-electron chi connectivity index (χ3n) is 1.82. The van der Waals surface area contributed by atoms with E-state index in [4.69, 9.17) is 0 Å². The maximum absolute atomic E-state index is 2.44. The summed E-state index contributed by atoms with van der Waals surface area (Å²) in [5, 5.41) is 0. The molecular weight excluding hydrogens is 96.1 g/mol. The van der Waals surface area contributed by atoms with Crippen molar-refractivity contribution in [1.82, 2.24) is 0 Å². The molecule has 0 amide bonds. The van der Waals surface area contributed by atoms with Crippen LogP contribution in [0.5, 0.6) is 0 Å². The Labute approximate surface area is 52.3 Å². The van der Waals surface area contributed by atoms with E-state index in [2.05, 4.69) is 6.42 Å². The third kappa shape index (κ3) is 2.34. The lowest BCUT2D eigenvalue weighted by Gasteiger charge is -2.14. The van der Waals surface area contributed by atoms with Crippen molar-refractivity contribution in [2.45, 2.75) is 44.9 Å². The first kappa shape index (κ1) is 6.12. The van der Waals surface area contributed by atoms with Crippen molar-refractivity contribution in [2.75, 3.05) is 0 Å². The van der Waals surface area contributed by atoms with Gasteiger partial charge in [0.15, 0.2) is 0 Å². The summed E-state index contributed by atoms with van der Waals surface area (Å²) in [6.45, 7) is 0. The summed E-state index contributed by atoms with van der Waals surface area (Å²) in [6, 6.07) is 0. The van der Waals surface area contributed by atoms with Crippen molar-refractivity contribution in [3.8, 4) is 0 Å². The Bertz CT molecular complexity index is 24.0. The molecule has 0 radical (unpaired) electrons. The van der Waals surface area contributed by atoms with Gasteiger partial charge in [-0.3, -0.25) is 0 Å². The van der Waals surface area contributed by atoms with E-state index < -0.39 is 0 Å². The largest absolute Gasteiger partial charge is 0.328 e. The van der Waals surface area contributed by atoms with E-state index in [1.807, 2.05) is 0 Å². The van der Waals surface area contributed by atoms with Crippen LogP contribution in [0.3, 0.4) is 0 Å². The number of hydrogen-bond donors (Lipinski definition) is 0. The highest BCUT2D eigenvalue weighted by atomic mass is 14.0.